The van der Waals surface area contributed by atoms with Gasteiger partial charge in [0.1, 0.15) is 5.82 Å². The fraction of sp³-hybridized carbons (Fsp3) is 0.217. The molecule has 0 aliphatic carbocycles. The molecule has 3 heterocycles. The highest BCUT2D eigenvalue weighted by molar-refractivity contribution is 5.85. The minimum absolute atomic E-state index is 0.0571. The molecule has 2 aromatic carbocycles. The summed E-state index contributed by atoms with van der Waals surface area (Å²) in [7, 11) is 0. The summed E-state index contributed by atoms with van der Waals surface area (Å²) >= 11 is 0. The number of hydrogen-bond donors (Lipinski definition) is 3. The quantitative estimate of drug-likeness (QED) is 0.460. The maximum Gasteiger partial charge on any atom is 0.258 e. The van der Waals surface area contributed by atoms with Crippen molar-refractivity contribution in [2.75, 3.05) is 18.4 Å². The first-order valence-corrected chi connectivity index (χ1v) is 10.3. The van der Waals surface area contributed by atoms with Gasteiger partial charge in [0.05, 0.1) is 41.7 Å². The number of carbonyl (C=O) groups excluding carboxylic acids is 1. The molecule has 0 saturated heterocycles. The van der Waals surface area contributed by atoms with Crippen LogP contribution < -0.4 is 10.9 Å². The average molecular weight is 432 g/mol. The summed E-state index contributed by atoms with van der Waals surface area (Å²) in [5, 5.41) is 9.86. The number of fused-ring (bicyclic) bond motifs is 2. The number of benzene rings is 2. The minimum Gasteiger partial charge on any atom is -0.374 e. The molecule has 0 radical (unpaired) electrons. The molecule has 8 nitrogen and oxygen atoms in total. The summed E-state index contributed by atoms with van der Waals surface area (Å²) in [5.74, 6) is -0.729. The van der Waals surface area contributed by atoms with E-state index in [9.17, 15) is 14.0 Å². The van der Waals surface area contributed by atoms with Crippen molar-refractivity contribution in [3.8, 4) is 11.1 Å². The van der Waals surface area contributed by atoms with E-state index >= 15 is 0 Å². The van der Waals surface area contributed by atoms with E-state index in [1.165, 1.54) is 18.0 Å². The highest BCUT2D eigenvalue weighted by Gasteiger charge is 2.27. The van der Waals surface area contributed by atoms with E-state index in [-0.39, 0.29) is 29.6 Å². The van der Waals surface area contributed by atoms with Crippen molar-refractivity contribution in [2.24, 2.45) is 0 Å². The number of nitrogens with zero attached hydrogens (tertiary/aromatic N) is 3. The Morgan fingerprint density at radius 2 is 2.16 bits per heavy atom. The summed E-state index contributed by atoms with van der Waals surface area (Å²) < 4.78 is 14.4. The number of anilines is 1. The van der Waals surface area contributed by atoms with Gasteiger partial charge in [-0.25, -0.2) is 9.37 Å². The Labute approximate surface area is 182 Å². The molecule has 1 atom stereocenters. The molecule has 2 aromatic heterocycles. The van der Waals surface area contributed by atoms with Crippen LogP contribution in [0.5, 0.6) is 0 Å². The van der Waals surface area contributed by atoms with E-state index in [1.807, 2.05) is 19.2 Å². The predicted octanol–water partition coefficient (Wildman–Crippen LogP) is 3.01. The molecule has 162 valence electrons. The lowest BCUT2D eigenvalue weighted by Gasteiger charge is -2.35. The van der Waals surface area contributed by atoms with Crippen molar-refractivity contribution in [2.45, 2.75) is 19.4 Å². The van der Waals surface area contributed by atoms with Crippen LogP contribution in [0.4, 0.5) is 10.1 Å². The number of amides is 1. The molecule has 1 aliphatic rings. The Morgan fingerprint density at radius 1 is 1.28 bits per heavy atom. The summed E-state index contributed by atoms with van der Waals surface area (Å²) in [4.78, 5) is 33.0. The second kappa shape index (κ2) is 7.92. The van der Waals surface area contributed by atoms with Gasteiger partial charge in [-0.3, -0.25) is 14.7 Å². The van der Waals surface area contributed by atoms with Gasteiger partial charge in [-0.05, 0) is 42.2 Å². The standard InChI is InChI=1S/C23H21FN6O2/c1-13-17-3-2-14(16-9-28-29-10-16)6-15(17)4-5-30(13)22(31)11-25-21-8-20-18(7-19(21)24)23(32)27-12-26-20/h2-3,6-10,12-13,25H,4-5,11H2,1H3,(H,28,29)(H,26,27,32). The number of rotatable bonds is 4. The Balaban J connectivity index is 1.31. The van der Waals surface area contributed by atoms with Gasteiger partial charge >= 0.3 is 0 Å². The van der Waals surface area contributed by atoms with Gasteiger partial charge in [0.2, 0.25) is 5.91 Å². The zero-order valence-corrected chi connectivity index (χ0v) is 17.4. The fourth-order valence-electron chi connectivity index (χ4n) is 4.26. The molecule has 1 amide bonds. The second-order valence-electron chi connectivity index (χ2n) is 7.85. The number of halogens is 1. The largest absolute Gasteiger partial charge is 0.374 e. The molecule has 0 spiro atoms. The zero-order valence-electron chi connectivity index (χ0n) is 17.4. The Kier molecular flexibility index (Phi) is 4.93. The van der Waals surface area contributed by atoms with Crippen molar-refractivity contribution < 1.29 is 9.18 Å². The van der Waals surface area contributed by atoms with Crippen LogP contribution >= 0.6 is 0 Å². The second-order valence-corrected chi connectivity index (χ2v) is 7.85. The number of H-pyrrole nitrogens is 2. The molecule has 0 fully saturated rings. The smallest absolute Gasteiger partial charge is 0.258 e. The lowest BCUT2D eigenvalue weighted by atomic mass is 9.91. The van der Waals surface area contributed by atoms with E-state index in [2.05, 4.69) is 37.6 Å². The lowest BCUT2D eigenvalue weighted by Crippen LogP contribution is -2.41. The van der Waals surface area contributed by atoms with E-state index in [0.717, 1.165) is 29.2 Å². The van der Waals surface area contributed by atoms with Crippen molar-refractivity contribution in [3.05, 3.63) is 76.4 Å². The van der Waals surface area contributed by atoms with Crippen LogP contribution in [-0.4, -0.2) is 44.1 Å². The highest BCUT2D eigenvalue weighted by Crippen LogP contribution is 2.32. The predicted molar refractivity (Wildman–Crippen MR) is 119 cm³/mol. The van der Waals surface area contributed by atoms with Crippen molar-refractivity contribution in [3.63, 3.8) is 0 Å². The van der Waals surface area contributed by atoms with Gasteiger partial charge < -0.3 is 15.2 Å². The van der Waals surface area contributed by atoms with E-state index in [4.69, 9.17) is 0 Å². The molecule has 0 saturated carbocycles. The normalized spacial score (nSPS) is 15.6. The monoisotopic (exact) mass is 432 g/mol. The maximum absolute atomic E-state index is 14.4. The highest BCUT2D eigenvalue weighted by atomic mass is 19.1. The summed E-state index contributed by atoms with van der Waals surface area (Å²) in [6, 6.07) is 8.72. The molecular weight excluding hydrogens is 411 g/mol. The first-order chi connectivity index (χ1) is 15.5. The minimum atomic E-state index is -0.604. The molecular formula is C23H21FN6O2. The van der Waals surface area contributed by atoms with Gasteiger partial charge in [0, 0.05) is 18.3 Å². The molecule has 4 aromatic rings. The molecule has 5 rings (SSSR count). The van der Waals surface area contributed by atoms with Crippen molar-refractivity contribution >= 4 is 22.5 Å². The fourth-order valence-corrected chi connectivity index (χ4v) is 4.26. The third kappa shape index (κ3) is 3.51. The van der Waals surface area contributed by atoms with Gasteiger partial charge in [-0.2, -0.15) is 5.10 Å². The summed E-state index contributed by atoms with van der Waals surface area (Å²) in [6.07, 6.45) is 5.65. The van der Waals surface area contributed by atoms with Crippen LogP contribution in [0, 0.1) is 5.82 Å². The molecule has 0 bridgehead atoms. The van der Waals surface area contributed by atoms with E-state index < -0.39 is 11.4 Å². The van der Waals surface area contributed by atoms with Crippen LogP contribution in [-0.2, 0) is 11.2 Å². The van der Waals surface area contributed by atoms with Gasteiger partial charge in [-0.15, -0.1) is 0 Å². The number of aromatic nitrogens is 4. The van der Waals surface area contributed by atoms with Gasteiger partial charge in [0.15, 0.2) is 0 Å². The molecule has 32 heavy (non-hydrogen) atoms. The van der Waals surface area contributed by atoms with Crippen LogP contribution in [0.15, 0.2) is 53.8 Å². The average Bonchev–Trinajstić information content (AvgIpc) is 3.33. The van der Waals surface area contributed by atoms with Gasteiger partial charge in [-0.1, -0.05) is 18.2 Å². The number of aromatic amines is 2. The number of nitrogens with one attached hydrogen (secondary N) is 3. The first-order valence-electron chi connectivity index (χ1n) is 10.3. The summed E-state index contributed by atoms with van der Waals surface area (Å²) in [5.41, 5.74) is 4.52. The Morgan fingerprint density at radius 3 is 2.97 bits per heavy atom. The molecule has 1 unspecified atom stereocenters. The van der Waals surface area contributed by atoms with Crippen LogP contribution in [0.1, 0.15) is 24.1 Å². The topological polar surface area (TPSA) is 107 Å². The maximum atomic E-state index is 14.4. The Bertz CT molecular complexity index is 1360. The van der Waals surface area contributed by atoms with E-state index in [1.54, 1.807) is 11.1 Å². The summed E-state index contributed by atoms with van der Waals surface area (Å²) in [6.45, 7) is 2.53. The Hall–Kier alpha value is -4.01. The number of hydrogen-bond acceptors (Lipinski definition) is 5. The lowest BCUT2D eigenvalue weighted by molar-refractivity contribution is -0.131. The van der Waals surface area contributed by atoms with Gasteiger partial charge in [0.25, 0.3) is 5.56 Å². The number of carbonyl (C=O) groups is 1. The first kappa shape index (κ1) is 19.9. The third-order valence-electron chi connectivity index (χ3n) is 5.99. The SMILES string of the molecule is CC1c2ccc(-c3cn[nH]c3)cc2CCN1C(=O)CNc1cc2nc[nH]c(=O)c2cc1F. The van der Waals surface area contributed by atoms with E-state index in [0.29, 0.717) is 12.1 Å². The van der Waals surface area contributed by atoms with Crippen LogP contribution in [0.25, 0.3) is 22.0 Å². The third-order valence-corrected chi connectivity index (χ3v) is 5.99. The molecule has 9 heteroatoms. The molecule has 3 N–H and O–H groups in total. The van der Waals surface area contributed by atoms with Crippen molar-refractivity contribution in [1.29, 1.82) is 0 Å². The zero-order chi connectivity index (χ0) is 22.2. The molecule has 1 aliphatic heterocycles. The van der Waals surface area contributed by atoms with Crippen molar-refractivity contribution in [1.82, 2.24) is 25.1 Å². The van der Waals surface area contributed by atoms with Crippen LogP contribution in [0.2, 0.25) is 0 Å². The van der Waals surface area contributed by atoms with Crippen LogP contribution in [0.3, 0.4) is 0 Å².